The first-order valence-electron chi connectivity index (χ1n) is 27.2. The zero-order valence-corrected chi connectivity index (χ0v) is 40.1. The van der Waals surface area contributed by atoms with Gasteiger partial charge in [-0.3, -0.25) is 4.79 Å². The van der Waals surface area contributed by atoms with Crippen molar-refractivity contribution in [3.05, 3.63) is 0 Å². The average Bonchev–Trinajstić information content (AvgIpc) is 3.23. The van der Waals surface area contributed by atoms with Gasteiger partial charge in [0.25, 0.3) is 0 Å². The van der Waals surface area contributed by atoms with E-state index in [-0.39, 0.29) is 12.5 Å². The van der Waals surface area contributed by atoms with E-state index in [1.54, 1.807) is 0 Å². The van der Waals surface area contributed by atoms with Crippen LogP contribution in [0.5, 0.6) is 0 Å². The van der Waals surface area contributed by atoms with Crippen LogP contribution in [0.3, 0.4) is 0 Å². The van der Waals surface area contributed by atoms with E-state index >= 15 is 0 Å². The van der Waals surface area contributed by atoms with Crippen LogP contribution in [0.1, 0.15) is 322 Å². The molecule has 0 aliphatic rings. The van der Waals surface area contributed by atoms with Crippen molar-refractivity contribution in [1.82, 2.24) is 5.32 Å². The molecule has 0 heterocycles. The SMILES string of the molecule is CCCCCCCCCCCCCCCCCCCCCCCCCCCCCCCCCCCCCCC(=O)NC(CO)C(O)CCCCCCCCCCCC. The number of aliphatic hydroxyl groups excluding tert-OH is 2. The predicted octanol–water partition coefficient (Wildman–Crippen LogP) is 17.6. The number of rotatable bonds is 51. The molecule has 0 spiro atoms. The van der Waals surface area contributed by atoms with Gasteiger partial charge in [-0.1, -0.05) is 303 Å². The molecule has 0 aromatic carbocycles. The molecule has 0 radical (unpaired) electrons. The molecule has 0 bridgehead atoms. The van der Waals surface area contributed by atoms with Crippen LogP contribution in [0.2, 0.25) is 0 Å². The molecule has 0 saturated carbocycles. The highest BCUT2D eigenvalue weighted by atomic mass is 16.3. The van der Waals surface area contributed by atoms with Crippen molar-refractivity contribution in [1.29, 1.82) is 0 Å². The first-order chi connectivity index (χ1) is 28.7. The molecule has 0 aliphatic heterocycles. The standard InChI is InChI=1S/C54H109NO3/c1-3-5-7-9-11-13-15-16-17-18-19-20-21-22-23-24-25-26-27-28-29-30-31-32-33-34-35-36-37-38-39-40-42-44-46-48-50-54(58)55-52(51-56)53(57)49-47-45-43-41-14-12-10-8-6-4-2/h52-53,56-57H,3-51H2,1-2H3,(H,55,58). The largest absolute Gasteiger partial charge is 0.394 e. The van der Waals surface area contributed by atoms with Gasteiger partial charge in [-0.25, -0.2) is 0 Å². The third kappa shape index (κ3) is 46.5. The molecule has 3 N–H and O–H groups in total. The Hall–Kier alpha value is -0.610. The van der Waals surface area contributed by atoms with Crippen LogP contribution in [0, 0.1) is 0 Å². The number of aliphatic hydroxyl groups is 2. The molecule has 0 rings (SSSR count). The molecule has 0 aromatic rings. The molecule has 4 heteroatoms. The van der Waals surface area contributed by atoms with E-state index in [4.69, 9.17) is 0 Å². The second kappa shape index (κ2) is 50.7. The fourth-order valence-corrected chi connectivity index (χ4v) is 8.95. The minimum absolute atomic E-state index is 0.0256. The van der Waals surface area contributed by atoms with Crippen LogP contribution in [0.25, 0.3) is 0 Å². The molecular formula is C54H109NO3. The molecule has 2 atom stereocenters. The highest BCUT2D eigenvalue weighted by molar-refractivity contribution is 5.76. The van der Waals surface area contributed by atoms with Gasteiger partial charge in [0.15, 0.2) is 0 Å². The number of carbonyl (C=O) groups is 1. The van der Waals surface area contributed by atoms with Crippen molar-refractivity contribution in [2.24, 2.45) is 0 Å². The third-order valence-electron chi connectivity index (χ3n) is 13.1. The van der Waals surface area contributed by atoms with Crippen LogP contribution in [0.4, 0.5) is 0 Å². The highest BCUT2D eigenvalue weighted by Crippen LogP contribution is 2.18. The Kier molecular flexibility index (Phi) is 50.2. The molecular weight excluding hydrogens is 711 g/mol. The second-order valence-corrected chi connectivity index (χ2v) is 19.0. The summed E-state index contributed by atoms with van der Waals surface area (Å²) < 4.78 is 0. The zero-order valence-electron chi connectivity index (χ0n) is 40.1. The van der Waals surface area contributed by atoms with E-state index in [1.807, 2.05) is 0 Å². The summed E-state index contributed by atoms with van der Waals surface area (Å²) in [6, 6.07) is -0.529. The Balaban J connectivity index is 3.30. The van der Waals surface area contributed by atoms with Crippen molar-refractivity contribution >= 4 is 5.91 Å². The lowest BCUT2D eigenvalue weighted by Crippen LogP contribution is -2.45. The summed E-state index contributed by atoms with van der Waals surface area (Å²) in [4.78, 5) is 12.4. The maximum atomic E-state index is 12.4. The molecule has 0 aromatic heterocycles. The van der Waals surface area contributed by atoms with Crippen molar-refractivity contribution in [3.8, 4) is 0 Å². The Morgan fingerprint density at radius 2 is 0.552 bits per heavy atom. The highest BCUT2D eigenvalue weighted by Gasteiger charge is 2.20. The van der Waals surface area contributed by atoms with Gasteiger partial charge < -0.3 is 15.5 Å². The van der Waals surface area contributed by atoms with Gasteiger partial charge in [0.1, 0.15) is 0 Å². The van der Waals surface area contributed by atoms with E-state index in [9.17, 15) is 15.0 Å². The maximum absolute atomic E-state index is 12.4. The predicted molar refractivity (Wildman–Crippen MR) is 258 cm³/mol. The molecule has 348 valence electrons. The van der Waals surface area contributed by atoms with Gasteiger partial charge in [-0.2, -0.15) is 0 Å². The Bertz CT molecular complexity index is 759. The molecule has 0 fully saturated rings. The fourth-order valence-electron chi connectivity index (χ4n) is 8.95. The summed E-state index contributed by atoms with van der Waals surface area (Å²) in [6.45, 7) is 4.37. The fraction of sp³-hybridized carbons (Fsp3) is 0.981. The van der Waals surface area contributed by atoms with Crippen LogP contribution < -0.4 is 5.32 Å². The lowest BCUT2D eigenvalue weighted by atomic mass is 10.0. The summed E-state index contributed by atoms with van der Waals surface area (Å²) >= 11 is 0. The number of hydrogen-bond donors (Lipinski definition) is 3. The van der Waals surface area contributed by atoms with E-state index in [0.717, 1.165) is 25.7 Å². The molecule has 58 heavy (non-hydrogen) atoms. The Morgan fingerprint density at radius 3 is 0.776 bits per heavy atom. The molecule has 1 amide bonds. The van der Waals surface area contributed by atoms with E-state index in [1.165, 1.54) is 270 Å². The number of carbonyl (C=O) groups excluding carboxylic acids is 1. The number of amides is 1. The van der Waals surface area contributed by atoms with E-state index in [2.05, 4.69) is 19.2 Å². The monoisotopic (exact) mass is 820 g/mol. The summed E-state index contributed by atoms with van der Waals surface area (Å²) in [5.74, 6) is -0.0256. The van der Waals surface area contributed by atoms with Crippen LogP contribution >= 0.6 is 0 Å². The first kappa shape index (κ1) is 57.4. The topological polar surface area (TPSA) is 69.6 Å². The minimum atomic E-state index is -0.652. The average molecular weight is 820 g/mol. The Morgan fingerprint density at radius 1 is 0.345 bits per heavy atom. The van der Waals surface area contributed by atoms with Gasteiger partial charge in [-0.05, 0) is 12.8 Å². The summed E-state index contributed by atoms with van der Waals surface area (Å²) in [5, 5.41) is 23.1. The smallest absolute Gasteiger partial charge is 0.220 e. The minimum Gasteiger partial charge on any atom is -0.394 e. The summed E-state index contributed by atoms with van der Waals surface area (Å²) in [5.41, 5.74) is 0. The molecule has 4 nitrogen and oxygen atoms in total. The number of hydrogen-bond acceptors (Lipinski definition) is 3. The maximum Gasteiger partial charge on any atom is 0.220 e. The second-order valence-electron chi connectivity index (χ2n) is 19.0. The van der Waals surface area contributed by atoms with Crippen LogP contribution in [-0.4, -0.2) is 34.9 Å². The van der Waals surface area contributed by atoms with Crippen molar-refractivity contribution in [3.63, 3.8) is 0 Å². The molecule has 0 saturated heterocycles. The van der Waals surface area contributed by atoms with E-state index < -0.39 is 12.1 Å². The van der Waals surface area contributed by atoms with Gasteiger partial charge in [0, 0.05) is 6.42 Å². The van der Waals surface area contributed by atoms with Gasteiger partial charge in [-0.15, -0.1) is 0 Å². The normalized spacial score (nSPS) is 12.7. The number of unbranched alkanes of at least 4 members (excludes halogenated alkanes) is 44. The lowest BCUT2D eigenvalue weighted by Gasteiger charge is -2.22. The van der Waals surface area contributed by atoms with Gasteiger partial charge >= 0.3 is 0 Å². The summed E-state index contributed by atoms with van der Waals surface area (Å²) in [7, 11) is 0. The molecule has 2 unspecified atom stereocenters. The third-order valence-corrected chi connectivity index (χ3v) is 13.1. The van der Waals surface area contributed by atoms with Gasteiger partial charge in [0.2, 0.25) is 5.91 Å². The van der Waals surface area contributed by atoms with Crippen LogP contribution in [0.15, 0.2) is 0 Å². The first-order valence-corrected chi connectivity index (χ1v) is 27.2. The van der Waals surface area contributed by atoms with Crippen LogP contribution in [-0.2, 0) is 4.79 Å². The lowest BCUT2D eigenvalue weighted by molar-refractivity contribution is -0.123. The van der Waals surface area contributed by atoms with Gasteiger partial charge in [0.05, 0.1) is 18.8 Å². The van der Waals surface area contributed by atoms with Crippen molar-refractivity contribution in [2.75, 3.05) is 6.61 Å². The molecule has 0 aliphatic carbocycles. The number of nitrogens with one attached hydrogen (secondary N) is 1. The quantitative estimate of drug-likeness (QED) is 0.0536. The Labute approximate surface area is 365 Å². The van der Waals surface area contributed by atoms with Crippen molar-refractivity contribution in [2.45, 2.75) is 334 Å². The zero-order chi connectivity index (χ0) is 42.1. The van der Waals surface area contributed by atoms with Crippen molar-refractivity contribution < 1.29 is 15.0 Å². The van der Waals surface area contributed by atoms with E-state index in [0.29, 0.717) is 12.8 Å². The summed E-state index contributed by atoms with van der Waals surface area (Å²) in [6.07, 6.45) is 64.0.